The maximum atomic E-state index is 12.5. The van der Waals surface area contributed by atoms with E-state index < -0.39 is 13.4 Å². The Kier molecular flexibility index (Phi) is 5.92. The van der Waals surface area contributed by atoms with Crippen molar-refractivity contribution in [3.05, 3.63) is 71.8 Å². The molecule has 0 aliphatic heterocycles. The summed E-state index contributed by atoms with van der Waals surface area (Å²) in [5.74, 6) is -0.437. The molecule has 0 spiro atoms. The van der Waals surface area contributed by atoms with Crippen molar-refractivity contribution < 1.29 is 13.6 Å². The highest BCUT2D eigenvalue weighted by Crippen LogP contribution is 2.51. The maximum Gasteiger partial charge on any atom is 0.346 e. The van der Waals surface area contributed by atoms with Crippen LogP contribution < -0.4 is 5.32 Å². The van der Waals surface area contributed by atoms with E-state index in [9.17, 15) is 4.57 Å². The SMILES string of the molecule is COP(=O)(OC)[C@@H](C)NC(c1ccccc1)c1ccccc1. The zero-order valence-corrected chi connectivity index (χ0v) is 14.0. The van der Waals surface area contributed by atoms with Gasteiger partial charge in [-0.05, 0) is 18.1 Å². The van der Waals surface area contributed by atoms with Crippen molar-refractivity contribution in [1.29, 1.82) is 0 Å². The summed E-state index contributed by atoms with van der Waals surface area (Å²) in [6.45, 7) is 1.81. The van der Waals surface area contributed by atoms with Gasteiger partial charge in [-0.2, -0.15) is 0 Å². The number of hydrogen-bond donors (Lipinski definition) is 1. The largest absolute Gasteiger partial charge is 0.346 e. The molecule has 118 valence electrons. The molecule has 2 aromatic rings. The zero-order valence-electron chi connectivity index (χ0n) is 13.1. The Morgan fingerprint density at radius 1 is 0.864 bits per heavy atom. The van der Waals surface area contributed by atoms with Crippen molar-refractivity contribution in [2.75, 3.05) is 14.2 Å². The minimum Gasteiger partial charge on any atom is -0.311 e. The Morgan fingerprint density at radius 3 is 1.64 bits per heavy atom. The Bertz CT molecular complexity index is 571. The van der Waals surface area contributed by atoms with E-state index in [-0.39, 0.29) is 6.04 Å². The van der Waals surface area contributed by atoms with Crippen LogP contribution >= 0.6 is 7.60 Å². The van der Waals surface area contributed by atoms with Gasteiger partial charge in [-0.15, -0.1) is 0 Å². The topological polar surface area (TPSA) is 47.6 Å². The third-order valence-corrected chi connectivity index (χ3v) is 5.77. The summed E-state index contributed by atoms with van der Waals surface area (Å²) in [6, 6.07) is 20.0. The van der Waals surface area contributed by atoms with Crippen LogP contribution in [0.15, 0.2) is 60.7 Å². The van der Waals surface area contributed by atoms with Gasteiger partial charge in [0.05, 0.1) is 6.04 Å². The Labute approximate surface area is 132 Å². The molecule has 0 bridgehead atoms. The van der Waals surface area contributed by atoms with Gasteiger partial charge >= 0.3 is 7.60 Å². The summed E-state index contributed by atoms with van der Waals surface area (Å²) in [6.07, 6.45) is 0. The van der Waals surface area contributed by atoms with E-state index in [2.05, 4.69) is 5.32 Å². The summed E-state index contributed by atoms with van der Waals surface area (Å²) < 4.78 is 22.7. The lowest BCUT2D eigenvalue weighted by atomic mass is 9.99. The van der Waals surface area contributed by atoms with E-state index in [1.807, 2.05) is 67.6 Å². The lowest BCUT2D eigenvalue weighted by Crippen LogP contribution is -2.32. The molecule has 4 nitrogen and oxygen atoms in total. The fraction of sp³-hybridized carbons (Fsp3) is 0.294. The van der Waals surface area contributed by atoms with E-state index >= 15 is 0 Å². The molecule has 2 aromatic carbocycles. The molecule has 0 amide bonds. The van der Waals surface area contributed by atoms with E-state index in [1.54, 1.807) is 0 Å². The summed E-state index contributed by atoms with van der Waals surface area (Å²) in [5.41, 5.74) is 2.19. The lowest BCUT2D eigenvalue weighted by Gasteiger charge is -2.28. The zero-order chi connectivity index (χ0) is 16.0. The van der Waals surface area contributed by atoms with Crippen molar-refractivity contribution in [1.82, 2.24) is 5.32 Å². The molecular weight excluding hydrogens is 297 g/mol. The lowest BCUT2D eigenvalue weighted by molar-refractivity contribution is 0.259. The van der Waals surface area contributed by atoms with E-state index in [0.717, 1.165) is 11.1 Å². The van der Waals surface area contributed by atoms with Gasteiger partial charge in [0.15, 0.2) is 0 Å². The first-order chi connectivity index (χ1) is 10.6. The molecule has 0 aliphatic rings. The maximum absolute atomic E-state index is 12.5. The molecule has 0 heterocycles. The molecule has 0 fully saturated rings. The fourth-order valence-electron chi connectivity index (χ4n) is 2.40. The quantitative estimate of drug-likeness (QED) is 0.777. The first kappa shape index (κ1) is 16.9. The molecule has 1 N–H and O–H groups in total. The Hall–Kier alpha value is -1.45. The predicted octanol–water partition coefficient (Wildman–Crippen LogP) is 4.20. The number of nitrogens with one attached hydrogen (secondary N) is 1. The average molecular weight is 319 g/mol. The average Bonchev–Trinajstić information content (AvgIpc) is 2.60. The van der Waals surface area contributed by atoms with Crippen molar-refractivity contribution in [2.45, 2.75) is 18.7 Å². The second-order valence-electron chi connectivity index (χ2n) is 5.00. The van der Waals surface area contributed by atoms with Crippen molar-refractivity contribution in [2.24, 2.45) is 0 Å². The molecule has 0 unspecified atom stereocenters. The molecule has 0 saturated heterocycles. The van der Waals surface area contributed by atoms with Crippen molar-refractivity contribution in [3.8, 4) is 0 Å². The summed E-state index contributed by atoms with van der Waals surface area (Å²) >= 11 is 0. The van der Waals surface area contributed by atoms with Crippen LogP contribution in [-0.4, -0.2) is 20.0 Å². The third-order valence-electron chi connectivity index (χ3n) is 3.66. The van der Waals surface area contributed by atoms with Crippen LogP contribution in [-0.2, 0) is 13.6 Å². The molecule has 1 atom stereocenters. The highest BCUT2D eigenvalue weighted by molar-refractivity contribution is 7.54. The van der Waals surface area contributed by atoms with Gasteiger partial charge in [0.1, 0.15) is 5.78 Å². The molecule has 0 aromatic heterocycles. The van der Waals surface area contributed by atoms with E-state index in [4.69, 9.17) is 9.05 Å². The number of benzene rings is 2. The van der Waals surface area contributed by atoms with Crippen LogP contribution in [0.5, 0.6) is 0 Å². The van der Waals surface area contributed by atoms with Crippen LogP contribution in [0.2, 0.25) is 0 Å². The molecule has 0 aliphatic carbocycles. The second kappa shape index (κ2) is 7.70. The minimum absolute atomic E-state index is 0.0870. The van der Waals surface area contributed by atoms with Gasteiger partial charge in [0, 0.05) is 14.2 Å². The smallest absolute Gasteiger partial charge is 0.311 e. The first-order valence-corrected chi connectivity index (χ1v) is 8.79. The van der Waals surface area contributed by atoms with E-state index in [0.29, 0.717) is 0 Å². The molecule has 22 heavy (non-hydrogen) atoms. The number of rotatable bonds is 7. The molecule has 5 heteroatoms. The van der Waals surface area contributed by atoms with Gasteiger partial charge in [-0.25, -0.2) is 0 Å². The molecule has 0 radical (unpaired) electrons. The van der Waals surface area contributed by atoms with Gasteiger partial charge in [-0.1, -0.05) is 60.7 Å². The van der Waals surface area contributed by atoms with Crippen molar-refractivity contribution in [3.63, 3.8) is 0 Å². The Morgan fingerprint density at radius 2 is 1.27 bits per heavy atom. The first-order valence-electron chi connectivity index (χ1n) is 7.18. The summed E-state index contributed by atoms with van der Waals surface area (Å²) in [7, 11) is -0.368. The molecule has 2 rings (SSSR count). The Balaban J connectivity index is 2.32. The normalized spacial score (nSPS) is 13.3. The van der Waals surface area contributed by atoms with Crippen molar-refractivity contribution >= 4 is 7.60 Å². The predicted molar refractivity (Wildman–Crippen MR) is 88.9 cm³/mol. The van der Waals surface area contributed by atoms with Crippen LogP contribution in [0.1, 0.15) is 24.1 Å². The van der Waals surface area contributed by atoms with Gasteiger partial charge in [0.2, 0.25) is 0 Å². The highest BCUT2D eigenvalue weighted by atomic mass is 31.2. The van der Waals surface area contributed by atoms with Gasteiger partial charge < -0.3 is 9.05 Å². The fourth-order valence-corrected chi connectivity index (χ4v) is 3.51. The van der Waals surface area contributed by atoms with Gasteiger partial charge in [-0.3, -0.25) is 9.88 Å². The third kappa shape index (κ3) is 3.84. The standard InChI is InChI=1S/C17H22NO3P/c1-14(22(19,20-2)21-3)18-17(15-10-6-4-7-11-15)16-12-8-5-9-13-16/h4-14,17-18H,1-3H3/t14-/m0/s1. The summed E-state index contributed by atoms with van der Waals surface area (Å²) in [5, 5.41) is 3.38. The van der Waals surface area contributed by atoms with Crippen LogP contribution in [0, 0.1) is 0 Å². The molecule has 0 saturated carbocycles. The highest BCUT2D eigenvalue weighted by Gasteiger charge is 2.32. The molecular formula is C17H22NO3P. The monoisotopic (exact) mass is 319 g/mol. The van der Waals surface area contributed by atoms with E-state index in [1.165, 1.54) is 14.2 Å². The van der Waals surface area contributed by atoms with Gasteiger partial charge in [0.25, 0.3) is 0 Å². The van der Waals surface area contributed by atoms with Crippen LogP contribution in [0.3, 0.4) is 0 Å². The number of hydrogen-bond acceptors (Lipinski definition) is 4. The summed E-state index contributed by atoms with van der Waals surface area (Å²) in [4.78, 5) is 0. The van der Waals surface area contributed by atoms with Crippen LogP contribution in [0.25, 0.3) is 0 Å². The van der Waals surface area contributed by atoms with Crippen LogP contribution in [0.4, 0.5) is 0 Å². The minimum atomic E-state index is -3.18. The second-order valence-corrected chi connectivity index (χ2v) is 7.59.